The summed E-state index contributed by atoms with van der Waals surface area (Å²) in [5.74, 6) is -0.263. The quantitative estimate of drug-likeness (QED) is 0.679. The van der Waals surface area contributed by atoms with Gasteiger partial charge in [-0.25, -0.2) is 4.79 Å². The van der Waals surface area contributed by atoms with Gasteiger partial charge in [0, 0.05) is 12.6 Å². The minimum atomic E-state index is -0.263. The molecular weight excluding hydrogens is 346 g/mol. The number of hydrogen-bond donors (Lipinski definition) is 0. The Morgan fingerprint density at radius 1 is 1.08 bits per heavy atom. The predicted molar refractivity (Wildman–Crippen MR) is 108 cm³/mol. The van der Waals surface area contributed by atoms with E-state index in [0.717, 1.165) is 24.2 Å². The fraction of sp³-hybridized carbons (Fsp3) is 0.409. The SMILES string of the molecule is Cc1ccc(C(=O)OCc2ccccc2CN2CCCCC2C)cc1.Cl. The first-order chi connectivity index (χ1) is 12.1. The molecule has 1 unspecified atom stereocenters. The number of esters is 1. The number of carbonyl (C=O) groups excluding carboxylic acids is 1. The molecule has 0 N–H and O–H groups in total. The van der Waals surface area contributed by atoms with E-state index in [-0.39, 0.29) is 18.4 Å². The molecule has 4 heteroatoms. The molecule has 2 aromatic rings. The van der Waals surface area contributed by atoms with Crippen molar-refractivity contribution in [2.45, 2.75) is 52.3 Å². The van der Waals surface area contributed by atoms with E-state index in [0.29, 0.717) is 18.2 Å². The highest BCUT2D eigenvalue weighted by Gasteiger charge is 2.19. The van der Waals surface area contributed by atoms with Crippen LogP contribution >= 0.6 is 12.4 Å². The van der Waals surface area contributed by atoms with E-state index in [1.165, 1.54) is 24.8 Å². The first-order valence-electron chi connectivity index (χ1n) is 9.18. The number of piperidine rings is 1. The molecule has 0 bridgehead atoms. The van der Waals surface area contributed by atoms with Crippen molar-refractivity contribution in [1.29, 1.82) is 0 Å². The number of halogens is 1. The Hall–Kier alpha value is -1.84. The third kappa shape index (κ3) is 5.33. The number of hydrogen-bond acceptors (Lipinski definition) is 3. The molecule has 3 rings (SSSR count). The van der Waals surface area contributed by atoms with E-state index >= 15 is 0 Å². The van der Waals surface area contributed by atoms with Gasteiger partial charge in [-0.1, -0.05) is 48.4 Å². The first kappa shape index (κ1) is 20.5. The van der Waals surface area contributed by atoms with Crippen molar-refractivity contribution < 1.29 is 9.53 Å². The second-order valence-electron chi connectivity index (χ2n) is 7.03. The molecule has 0 saturated carbocycles. The second-order valence-corrected chi connectivity index (χ2v) is 7.03. The standard InChI is InChI=1S/C22H27NO2.ClH/c1-17-10-12-19(13-11-17)22(24)25-16-21-9-4-3-8-20(21)15-23-14-6-5-7-18(23)2;/h3-4,8-13,18H,5-7,14-16H2,1-2H3;1H. The van der Waals surface area contributed by atoms with Gasteiger partial charge in [0.2, 0.25) is 0 Å². The van der Waals surface area contributed by atoms with Gasteiger partial charge in [-0.05, 0) is 56.5 Å². The molecule has 1 fully saturated rings. The Morgan fingerprint density at radius 2 is 1.77 bits per heavy atom. The monoisotopic (exact) mass is 373 g/mol. The summed E-state index contributed by atoms with van der Waals surface area (Å²) in [6.45, 7) is 6.72. The Kier molecular flexibility index (Phi) is 7.67. The van der Waals surface area contributed by atoms with Crippen molar-refractivity contribution in [3.63, 3.8) is 0 Å². The van der Waals surface area contributed by atoms with Gasteiger partial charge in [-0.15, -0.1) is 12.4 Å². The molecule has 1 heterocycles. The average molecular weight is 374 g/mol. The van der Waals surface area contributed by atoms with Gasteiger partial charge in [0.05, 0.1) is 5.56 Å². The van der Waals surface area contributed by atoms with Crippen molar-refractivity contribution in [2.24, 2.45) is 0 Å². The Balaban J connectivity index is 0.00000243. The highest BCUT2D eigenvalue weighted by Crippen LogP contribution is 2.21. The maximum absolute atomic E-state index is 12.3. The predicted octanol–water partition coefficient (Wildman–Crippen LogP) is 5.15. The van der Waals surface area contributed by atoms with Crippen LogP contribution in [0.5, 0.6) is 0 Å². The van der Waals surface area contributed by atoms with E-state index in [1.54, 1.807) is 0 Å². The van der Waals surface area contributed by atoms with Crippen LogP contribution in [-0.4, -0.2) is 23.5 Å². The van der Waals surface area contributed by atoms with Crippen molar-refractivity contribution >= 4 is 18.4 Å². The van der Waals surface area contributed by atoms with Gasteiger partial charge in [-0.2, -0.15) is 0 Å². The van der Waals surface area contributed by atoms with E-state index < -0.39 is 0 Å². The lowest BCUT2D eigenvalue weighted by Gasteiger charge is -2.33. The number of carbonyl (C=O) groups is 1. The van der Waals surface area contributed by atoms with Gasteiger partial charge in [-0.3, -0.25) is 4.90 Å². The van der Waals surface area contributed by atoms with Crippen LogP contribution in [0.25, 0.3) is 0 Å². The maximum atomic E-state index is 12.3. The molecule has 26 heavy (non-hydrogen) atoms. The zero-order valence-electron chi connectivity index (χ0n) is 15.6. The van der Waals surface area contributed by atoms with Crippen molar-refractivity contribution in [2.75, 3.05) is 6.54 Å². The minimum Gasteiger partial charge on any atom is -0.457 e. The van der Waals surface area contributed by atoms with Crippen molar-refractivity contribution in [3.8, 4) is 0 Å². The van der Waals surface area contributed by atoms with E-state index in [1.807, 2.05) is 37.3 Å². The van der Waals surface area contributed by atoms with Crippen LogP contribution in [0.3, 0.4) is 0 Å². The summed E-state index contributed by atoms with van der Waals surface area (Å²) in [4.78, 5) is 14.8. The maximum Gasteiger partial charge on any atom is 0.338 e. The van der Waals surface area contributed by atoms with E-state index in [9.17, 15) is 4.79 Å². The minimum absolute atomic E-state index is 0. The van der Waals surface area contributed by atoms with Crippen LogP contribution in [0.4, 0.5) is 0 Å². The fourth-order valence-corrected chi connectivity index (χ4v) is 3.38. The lowest BCUT2D eigenvalue weighted by Crippen LogP contribution is -2.37. The topological polar surface area (TPSA) is 29.5 Å². The molecule has 2 aromatic carbocycles. The van der Waals surface area contributed by atoms with Gasteiger partial charge in [0.15, 0.2) is 0 Å². The summed E-state index contributed by atoms with van der Waals surface area (Å²) in [6.07, 6.45) is 3.87. The number of aryl methyl sites for hydroxylation is 1. The third-order valence-corrected chi connectivity index (χ3v) is 5.08. The van der Waals surface area contributed by atoms with Crippen LogP contribution in [0, 0.1) is 6.92 Å². The highest BCUT2D eigenvalue weighted by molar-refractivity contribution is 5.89. The molecule has 1 saturated heterocycles. The fourth-order valence-electron chi connectivity index (χ4n) is 3.38. The number of rotatable bonds is 5. The molecule has 1 aliphatic rings. The molecule has 0 amide bonds. The molecule has 1 aliphatic heterocycles. The van der Waals surface area contributed by atoms with Gasteiger partial charge in [0.1, 0.15) is 6.61 Å². The molecule has 3 nitrogen and oxygen atoms in total. The molecule has 0 aliphatic carbocycles. The number of ether oxygens (including phenoxy) is 1. The lowest BCUT2D eigenvalue weighted by atomic mass is 10.0. The molecule has 1 atom stereocenters. The average Bonchev–Trinajstić information content (AvgIpc) is 2.63. The largest absolute Gasteiger partial charge is 0.457 e. The summed E-state index contributed by atoms with van der Waals surface area (Å²) in [5.41, 5.74) is 4.10. The van der Waals surface area contributed by atoms with Crippen LogP contribution in [0.1, 0.15) is 53.2 Å². The highest BCUT2D eigenvalue weighted by atomic mass is 35.5. The van der Waals surface area contributed by atoms with Gasteiger partial charge >= 0.3 is 5.97 Å². The summed E-state index contributed by atoms with van der Waals surface area (Å²) in [7, 11) is 0. The van der Waals surface area contributed by atoms with Crippen LogP contribution in [0.2, 0.25) is 0 Å². The zero-order valence-corrected chi connectivity index (χ0v) is 16.4. The lowest BCUT2D eigenvalue weighted by molar-refractivity contribution is 0.0470. The van der Waals surface area contributed by atoms with Gasteiger partial charge < -0.3 is 4.74 Å². The zero-order chi connectivity index (χ0) is 17.6. The first-order valence-corrected chi connectivity index (χ1v) is 9.18. The Labute approximate surface area is 162 Å². The molecule has 0 aromatic heterocycles. The third-order valence-electron chi connectivity index (χ3n) is 5.08. The normalized spacial score (nSPS) is 17.4. The number of nitrogens with zero attached hydrogens (tertiary/aromatic N) is 1. The van der Waals surface area contributed by atoms with Crippen molar-refractivity contribution in [3.05, 3.63) is 70.8 Å². The van der Waals surface area contributed by atoms with Gasteiger partial charge in [0.25, 0.3) is 0 Å². The molecule has 0 radical (unpaired) electrons. The van der Waals surface area contributed by atoms with Crippen LogP contribution in [0.15, 0.2) is 48.5 Å². The van der Waals surface area contributed by atoms with E-state index in [2.05, 4.69) is 30.0 Å². The molecule has 0 spiro atoms. The Bertz CT molecular complexity index is 714. The summed E-state index contributed by atoms with van der Waals surface area (Å²) in [6, 6.07) is 16.4. The van der Waals surface area contributed by atoms with E-state index in [4.69, 9.17) is 4.74 Å². The Morgan fingerprint density at radius 3 is 2.46 bits per heavy atom. The summed E-state index contributed by atoms with van der Waals surface area (Å²) in [5, 5.41) is 0. The summed E-state index contributed by atoms with van der Waals surface area (Å²) >= 11 is 0. The second kappa shape index (κ2) is 9.75. The molecular formula is C22H28ClNO2. The van der Waals surface area contributed by atoms with Crippen molar-refractivity contribution in [1.82, 2.24) is 4.90 Å². The smallest absolute Gasteiger partial charge is 0.338 e. The van der Waals surface area contributed by atoms with Crippen LogP contribution < -0.4 is 0 Å². The van der Waals surface area contributed by atoms with Crippen LogP contribution in [-0.2, 0) is 17.9 Å². The number of benzene rings is 2. The number of likely N-dealkylation sites (tertiary alicyclic amines) is 1. The summed E-state index contributed by atoms with van der Waals surface area (Å²) < 4.78 is 5.55. The molecule has 140 valence electrons.